The second kappa shape index (κ2) is 9.92. The van der Waals surface area contributed by atoms with Gasteiger partial charge in [0.25, 0.3) is 5.56 Å². The molecule has 1 aromatic carbocycles. The van der Waals surface area contributed by atoms with Crippen LogP contribution >= 0.6 is 11.6 Å². The fourth-order valence-corrected chi connectivity index (χ4v) is 4.66. The lowest BCUT2D eigenvalue weighted by atomic mass is 9.97. The lowest BCUT2D eigenvalue weighted by Crippen LogP contribution is -2.34. The van der Waals surface area contributed by atoms with Crippen LogP contribution in [0.2, 0.25) is 5.02 Å². The number of halogens is 1. The van der Waals surface area contributed by atoms with E-state index in [1.807, 2.05) is 41.2 Å². The van der Waals surface area contributed by atoms with Crippen LogP contribution in [-0.4, -0.2) is 36.6 Å². The highest BCUT2D eigenvalue weighted by Crippen LogP contribution is 2.25. The number of hydrogen-bond donors (Lipinski definition) is 1. The van der Waals surface area contributed by atoms with Crippen LogP contribution in [0.4, 0.5) is 0 Å². The average molecular weight is 491 g/mol. The zero-order chi connectivity index (χ0) is 24.4. The lowest BCUT2D eigenvalue weighted by Gasteiger charge is -2.13. The summed E-state index contributed by atoms with van der Waals surface area (Å²) >= 11 is 6.08. The van der Waals surface area contributed by atoms with E-state index < -0.39 is 0 Å². The van der Waals surface area contributed by atoms with E-state index in [2.05, 4.69) is 16.5 Å². The van der Waals surface area contributed by atoms with Gasteiger partial charge in [-0.15, -0.1) is 0 Å². The van der Waals surface area contributed by atoms with Gasteiger partial charge in [0.1, 0.15) is 17.4 Å². The summed E-state index contributed by atoms with van der Waals surface area (Å²) in [5.74, 6) is 0.351. The quantitative estimate of drug-likeness (QED) is 0.390. The van der Waals surface area contributed by atoms with E-state index in [9.17, 15) is 9.59 Å². The molecule has 0 saturated carbocycles. The van der Waals surface area contributed by atoms with Gasteiger partial charge in [0, 0.05) is 24.0 Å². The monoisotopic (exact) mass is 490 g/mol. The highest BCUT2D eigenvalue weighted by Gasteiger charge is 2.22. The molecule has 0 unspecified atom stereocenters. The van der Waals surface area contributed by atoms with Crippen LogP contribution < -0.4 is 10.9 Å². The van der Waals surface area contributed by atoms with E-state index in [0.29, 0.717) is 34.0 Å². The van der Waals surface area contributed by atoms with Crippen molar-refractivity contribution in [2.24, 2.45) is 0 Å². The number of hydrogen-bond acceptors (Lipinski definition) is 4. The molecule has 1 aliphatic carbocycles. The molecule has 0 atom stereocenters. The molecule has 1 aliphatic rings. The third-order valence-electron chi connectivity index (χ3n) is 6.29. The van der Waals surface area contributed by atoms with E-state index in [1.54, 1.807) is 23.7 Å². The van der Waals surface area contributed by atoms with Gasteiger partial charge in [0.2, 0.25) is 5.91 Å². The molecule has 180 valence electrons. The van der Waals surface area contributed by atoms with Crippen LogP contribution in [0, 0.1) is 6.92 Å². The number of nitrogens with zero attached hydrogens (tertiary/aromatic N) is 5. The molecule has 3 heterocycles. The Morgan fingerprint density at radius 2 is 1.89 bits per heavy atom. The SMILES string of the molecule is Cc1nn(CC(=O)NCCC2=CCCCC2)c(=O)c2c(-n3cccc3)n(-c3ccc(Cl)cc3)nc12. The van der Waals surface area contributed by atoms with Gasteiger partial charge < -0.3 is 9.88 Å². The fraction of sp³-hybridized carbons (Fsp3) is 0.308. The van der Waals surface area contributed by atoms with Crippen molar-refractivity contribution in [1.82, 2.24) is 29.4 Å². The number of carbonyl (C=O) groups is 1. The lowest BCUT2D eigenvalue weighted by molar-refractivity contribution is -0.121. The molecule has 8 nitrogen and oxygen atoms in total. The Morgan fingerprint density at radius 3 is 2.60 bits per heavy atom. The minimum absolute atomic E-state index is 0.147. The second-order valence-electron chi connectivity index (χ2n) is 8.78. The fourth-order valence-electron chi connectivity index (χ4n) is 4.53. The summed E-state index contributed by atoms with van der Waals surface area (Å²) in [6, 6.07) is 11.0. The first-order valence-electron chi connectivity index (χ1n) is 11.9. The third kappa shape index (κ3) is 4.79. The van der Waals surface area contributed by atoms with Crippen molar-refractivity contribution in [3.63, 3.8) is 0 Å². The average Bonchev–Trinajstić information content (AvgIpc) is 3.52. The van der Waals surface area contributed by atoms with Gasteiger partial charge in [-0.1, -0.05) is 23.3 Å². The van der Waals surface area contributed by atoms with E-state index in [4.69, 9.17) is 16.7 Å². The zero-order valence-electron chi connectivity index (χ0n) is 19.6. The smallest absolute Gasteiger partial charge is 0.280 e. The number of rotatable bonds is 7. The predicted octanol–water partition coefficient (Wildman–Crippen LogP) is 4.34. The summed E-state index contributed by atoms with van der Waals surface area (Å²) < 4.78 is 4.78. The Labute approximate surface area is 207 Å². The first-order chi connectivity index (χ1) is 17.0. The van der Waals surface area contributed by atoms with Crippen LogP contribution in [0.3, 0.4) is 0 Å². The molecule has 0 saturated heterocycles. The molecule has 3 aromatic heterocycles. The van der Waals surface area contributed by atoms with Crippen molar-refractivity contribution >= 4 is 28.4 Å². The number of amides is 1. The molecule has 5 rings (SSSR count). The number of aryl methyl sites for hydroxylation is 1. The number of nitrogens with one attached hydrogen (secondary N) is 1. The molecule has 1 N–H and O–H groups in total. The van der Waals surface area contributed by atoms with Gasteiger partial charge in [-0.2, -0.15) is 10.2 Å². The van der Waals surface area contributed by atoms with Crippen molar-refractivity contribution < 1.29 is 4.79 Å². The highest BCUT2D eigenvalue weighted by atomic mass is 35.5. The molecule has 9 heteroatoms. The van der Waals surface area contributed by atoms with E-state index in [0.717, 1.165) is 24.9 Å². The highest BCUT2D eigenvalue weighted by molar-refractivity contribution is 6.30. The molecule has 0 aliphatic heterocycles. The number of fused-ring (bicyclic) bond motifs is 1. The van der Waals surface area contributed by atoms with E-state index in [1.165, 1.54) is 23.1 Å². The number of benzene rings is 1. The third-order valence-corrected chi connectivity index (χ3v) is 6.54. The van der Waals surface area contributed by atoms with Gasteiger partial charge in [-0.25, -0.2) is 9.36 Å². The summed E-state index contributed by atoms with van der Waals surface area (Å²) in [6.45, 7) is 2.21. The molecular weight excluding hydrogens is 464 g/mol. The summed E-state index contributed by atoms with van der Waals surface area (Å²) in [5.41, 5.74) is 2.86. The van der Waals surface area contributed by atoms with Gasteiger partial charge in [-0.05, 0) is 75.4 Å². The maximum atomic E-state index is 13.6. The summed E-state index contributed by atoms with van der Waals surface area (Å²) in [4.78, 5) is 26.2. The van der Waals surface area contributed by atoms with Crippen LogP contribution in [0.15, 0.2) is 65.2 Å². The number of allylic oxidation sites excluding steroid dienone is 1. The molecule has 4 aromatic rings. The topological polar surface area (TPSA) is 86.7 Å². The van der Waals surface area contributed by atoms with Crippen LogP contribution in [0.1, 0.15) is 37.8 Å². The second-order valence-corrected chi connectivity index (χ2v) is 9.22. The molecule has 1 amide bonds. The molecule has 0 fully saturated rings. The maximum Gasteiger partial charge on any atom is 0.280 e. The Balaban J connectivity index is 1.49. The maximum absolute atomic E-state index is 13.6. The Bertz CT molecular complexity index is 1450. The minimum Gasteiger partial charge on any atom is -0.354 e. The van der Waals surface area contributed by atoms with Gasteiger partial charge in [-0.3, -0.25) is 9.59 Å². The zero-order valence-corrected chi connectivity index (χ0v) is 20.3. The molecular formula is C26H27ClN6O2. The molecule has 0 spiro atoms. The summed E-state index contributed by atoms with van der Waals surface area (Å²) in [6.07, 6.45) is 11.5. The number of carbonyl (C=O) groups excluding carboxylic acids is 1. The first-order valence-corrected chi connectivity index (χ1v) is 12.2. The van der Waals surface area contributed by atoms with Gasteiger partial charge in [0.05, 0.1) is 11.4 Å². The Kier molecular flexibility index (Phi) is 6.55. The van der Waals surface area contributed by atoms with E-state index >= 15 is 0 Å². The van der Waals surface area contributed by atoms with Crippen molar-refractivity contribution in [3.05, 3.63) is 81.5 Å². The van der Waals surface area contributed by atoms with Crippen molar-refractivity contribution in [1.29, 1.82) is 0 Å². The van der Waals surface area contributed by atoms with E-state index in [-0.39, 0.29) is 18.0 Å². The normalized spacial score (nSPS) is 13.7. The first kappa shape index (κ1) is 23.1. The summed E-state index contributed by atoms with van der Waals surface area (Å²) in [5, 5.41) is 13.1. The molecule has 35 heavy (non-hydrogen) atoms. The van der Waals surface area contributed by atoms with Crippen molar-refractivity contribution in [2.45, 2.75) is 45.6 Å². The molecule has 0 radical (unpaired) electrons. The minimum atomic E-state index is -0.361. The van der Waals surface area contributed by atoms with Crippen LogP contribution in [-0.2, 0) is 11.3 Å². The Hall–Kier alpha value is -3.65. The van der Waals surface area contributed by atoms with Gasteiger partial charge >= 0.3 is 0 Å². The summed E-state index contributed by atoms with van der Waals surface area (Å²) in [7, 11) is 0. The standard InChI is InChI=1S/C26H27ClN6O2/c1-18-24-23(25(31-15-5-6-16-31)33(30-24)21-11-9-20(27)10-12-21)26(35)32(29-18)17-22(34)28-14-13-19-7-3-2-4-8-19/h5-7,9-12,15-16H,2-4,8,13-14,17H2,1H3,(H,28,34). The van der Waals surface area contributed by atoms with Crippen LogP contribution in [0.25, 0.3) is 22.4 Å². The largest absolute Gasteiger partial charge is 0.354 e. The van der Waals surface area contributed by atoms with Crippen molar-refractivity contribution in [2.75, 3.05) is 6.54 Å². The predicted molar refractivity (Wildman–Crippen MR) is 136 cm³/mol. The molecule has 0 bridgehead atoms. The Morgan fingerprint density at radius 1 is 1.11 bits per heavy atom. The van der Waals surface area contributed by atoms with Crippen LogP contribution in [0.5, 0.6) is 0 Å². The number of aromatic nitrogens is 5. The van der Waals surface area contributed by atoms with Crippen molar-refractivity contribution in [3.8, 4) is 11.5 Å². The van der Waals surface area contributed by atoms with Gasteiger partial charge in [0.15, 0.2) is 5.82 Å².